The van der Waals surface area contributed by atoms with Crippen molar-refractivity contribution in [2.24, 2.45) is 0 Å². The van der Waals surface area contributed by atoms with Crippen LogP contribution in [-0.4, -0.2) is 19.1 Å². The first-order chi connectivity index (χ1) is 14.6. The maximum Gasteiger partial charge on any atom is 0.330 e. The maximum absolute atomic E-state index is 13.2. The van der Waals surface area contributed by atoms with E-state index >= 15 is 0 Å². The monoisotopic (exact) mass is 403 g/mol. The summed E-state index contributed by atoms with van der Waals surface area (Å²) >= 11 is 0. The Morgan fingerprint density at radius 1 is 1.10 bits per heavy atom. The molecule has 0 bridgehead atoms. The highest BCUT2D eigenvalue weighted by Crippen LogP contribution is 2.26. The lowest BCUT2D eigenvalue weighted by Crippen LogP contribution is -2.26. The van der Waals surface area contributed by atoms with Crippen LogP contribution in [-0.2, 0) is 16.1 Å². The third-order valence-electron chi connectivity index (χ3n) is 4.55. The maximum atomic E-state index is 13.2. The van der Waals surface area contributed by atoms with Crippen LogP contribution in [0.15, 0.2) is 82.0 Å². The van der Waals surface area contributed by atoms with Gasteiger partial charge in [0.15, 0.2) is 0 Å². The van der Waals surface area contributed by atoms with Gasteiger partial charge in [0.25, 0.3) is 0 Å². The molecule has 0 amide bonds. The van der Waals surface area contributed by atoms with Crippen LogP contribution in [0.2, 0.25) is 0 Å². The molecule has 3 aromatic rings. The summed E-state index contributed by atoms with van der Waals surface area (Å²) in [6.07, 6.45) is 6.70. The first-order valence-electron chi connectivity index (χ1n) is 9.94. The lowest BCUT2D eigenvalue weighted by atomic mass is 10.1. The second-order valence-corrected chi connectivity index (χ2v) is 6.67. The predicted molar refractivity (Wildman–Crippen MR) is 120 cm³/mol. The highest BCUT2D eigenvalue weighted by atomic mass is 16.5. The van der Waals surface area contributed by atoms with Crippen LogP contribution < -0.4 is 10.3 Å². The molecule has 3 rings (SSSR count). The lowest BCUT2D eigenvalue weighted by molar-refractivity contribution is -0.137. The molecule has 0 fully saturated rings. The van der Waals surface area contributed by atoms with Gasteiger partial charge < -0.3 is 14.1 Å². The number of ether oxygens (including phenoxy) is 1. The minimum atomic E-state index is -0.501. The van der Waals surface area contributed by atoms with E-state index in [2.05, 4.69) is 0 Å². The van der Waals surface area contributed by atoms with Crippen molar-refractivity contribution in [3.63, 3.8) is 0 Å². The van der Waals surface area contributed by atoms with E-state index in [9.17, 15) is 9.59 Å². The van der Waals surface area contributed by atoms with Gasteiger partial charge in [0.2, 0.25) is 11.3 Å². The van der Waals surface area contributed by atoms with Crippen molar-refractivity contribution in [3.05, 3.63) is 94.2 Å². The number of allylic oxidation sites excluding steroid dienone is 1. The van der Waals surface area contributed by atoms with Crippen LogP contribution in [0.4, 0.5) is 5.88 Å². The first-order valence-corrected chi connectivity index (χ1v) is 9.94. The molecule has 0 radical (unpaired) electrons. The van der Waals surface area contributed by atoms with Crippen molar-refractivity contribution in [1.82, 2.24) is 0 Å². The summed E-state index contributed by atoms with van der Waals surface area (Å²) in [4.78, 5) is 27.1. The Hall–Kier alpha value is -3.60. The van der Waals surface area contributed by atoms with Crippen LogP contribution in [0.1, 0.15) is 25.0 Å². The number of rotatable bonds is 8. The molecule has 0 N–H and O–H groups in total. The molecule has 0 unspecified atom stereocenters. The SMILES string of the molecule is C/C=C/CN(Cc1ccccc1)c1oc2ccccc2c(=O)c1/C=C/C(=O)OCC. The summed E-state index contributed by atoms with van der Waals surface area (Å²) in [6.45, 7) is 5.04. The number of hydrogen-bond acceptors (Lipinski definition) is 5. The molecule has 0 spiro atoms. The summed E-state index contributed by atoms with van der Waals surface area (Å²) in [5.41, 5.74) is 1.72. The number of esters is 1. The van der Waals surface area contributed by atoms with E-state index in [0.717, 1.165) is 5.56 Å². The molecule has 0 aliphatic carbocycles. The Morgan fingerprint density at radius 2 is 1.83 bits per heavy atom. The topological polar surface area (TPSA) is 59.8 Å². The lowest BCUT2D eigenvalue weighted by Gasteiger charge is -2.24. The largest absolute Gasteiger partial charge is 0.463 e. The number of carbonyl (C=O) groups excluding carboxylic acids is 1. The highest BCUT2D eigenvalue weighted by Gasteiger charge is 2.18. The average Bonchev–Trinajstić information content (AvgIpc) is 2.77. The van der Waals surface area contributed by atoms with Gasteiger partial charge in [0, 0.05) is 19.2 Å². The Kier molecular flexibility index (Phi) is 7.22. The van der Waals surface area contributed by atoms with Crippen molar-refractivity contribution in [1.29, 1.82) is 0 Å². The van der Waals surface area contributed by atoms with Crippen molar-refractivity contribution in [3.8, 4) is 0 Å². The molecule has 0 aliphatic rings. The van der Waals surface area contributed by atoms with E-state index in [1.807, 2.05) is 60.4 Å². The fourth-order valence-corrected chi connectivity index (χ4v) is 3.12. The van der Waals surface area contributed by atoms with Crippen molar-refractivity contribution in [2.75, 3.05) is 18.1 Å². The van der Waals surface area contributed by atoms with Gasteiger partial charge in [-0.3, -0.25) is 4.79 Å². The molecule has 0 saturated carbocycles. The molecular weight excluding hydrogens is 378 g/mol. The Labute approximate surface area is 175 Å². The number of carbonyl (C=O) groups is 1. The molecule has 0 aliphatic heterocycles. The zero-order valence-corrected chi connectivity index (χ0v) is 17.2. The molecule has 1 aromatic heterocycles. The van der Waals surface area contributed by atoms with Gasteiger partial charge in [0.1, 0.15) is 5.58 Å². The van der Waals surface area contributed by atoms with Gasteiger partial charge in [-0.1, -0.05) is 54.6 Å². The normalized spacial score (nSPS) is 11.4. The molecule has 0 atom stereocenters. The van der Waals surface area contributed by atoms with Gasteiger partial charge >= 0.3 is 5.97 Å². The first kappa shape index (κ1) is 21.1. The van der Waals surface area contributed by atoms with Gasteiger partial charge in [0.05, 0.1) is 17.6 Å². The number of nitrogens with zero attached hydrogens (tertiary/aromatic N) is 1. The van der Waals surface area contributed by atoms with E-state index < -0.39 is 5.97 Å². The minimum absolute atomic E-state index is 0.189. The summed E-state index contributed by atoms with van der Waals surface area (Å²) in [5.74, 6) is -0.0831. The van der Waals surface area contributed by atoms with Crippen LogP contribution in [0, 0.1) is 0 Å². The summed E-state index contributed by atoms with van der Waals surface area (Å²) in [5, 5.41) is 0.468. The van der Waals surface area contributed by atoms with E-state index in [4.69, 9.17) is 9.15 Å². The van der Waals surface area contributed by atoms with Crippen LogP contribution in [0.25, 0.3) is 17.0 Å². The number of fused-ring (bicyclic) bond motifs is 1. The Morgan fingerprint density at radius 3 is 2.57 bits per heavy atom. The smallest absolute Gasteiger partial charge is 0.330 e. The molecule has 154 valence electrons. The second kappa shape index (κ2) is 10.3. The van der Waals surface area contributed by atoms with Crippen molar-refractivity contribution >= 4 is 28.9 Å². The fraction of sp³-hybridized carbons (Fsp3) is 0.200. The molecule has 1 heterocycles. The second-order valence-electron chi connectivity index (χ2n) is 6.67. The molecule has 0 saturated heterocycles. The zero-order chi connectivity index (χ0) is 21.3. The molecule has 5 nitrogen and oxygen atoms in total. The van der Waals surface area contributed by atoms with E-state index in [-0.39, 0.29) is 12.0 Å². The molecular formula is C25H25NO4. The molecule has 5 heteroatoms. The number of anilines is 1. The van der Waals surface area contributed by atoms with E-state index in [1.54, 1.807) is 25.1 Å². The minimum Gasteiger partial charge on any atom is -0.463 e. The Balaban J connectivity index is 2.14. The van der Waals surface area contributed by atoms with Crippen LogP contribution >= 0.6 is 0 Å². The van der Waals surface area contributed by atoms with Crippen molar-refractivity contribution in [2.45, 2.75) is 20.4 Å². The summed E-state index contributed by atoms with van der Waals surface area (Å²) in [7, 11) is 0. The number of benzene rings is 2. The number of hydrogen-bond donors (Lipinski definition) is 0. The quantitative estimate of drug-likeness (QED) is 0.302. The van der Waals surface area contributed by atoms with E-state index in [1.165, 1.54) is 12.2 Å². The van der Waals surface area contributed by atoms with Gasteiger partial charge in [-0.2, -0.15) is 0 Å². The van der Waals surface area contributed by atoms with Crippen LogP contribution in [0.3, 0.4) is 0 Å². The molecule has 2 aromatic carbocycles. The third-order valence-corrected chi connectivity index (χ3v) is 4.55. The van der Waals surface area contributed by atoms with E-state index in [0.29, 0.717) is 35.5 Å². The summed E-state index contributed by atoms with van der Waals surface area (Å²) < 4.78 is 11.2. The zero-order valence-electron chi connectivity index (χ0n) is 17.2. The highest BCUT2D eigenvalue weighted by molar-refractivity contribution is 5.90. The van der Waals surface area contributed by atoms with Gasteiger partial charge in [-0.05, 0) is 37.6 Å². The fourth-order valence-electron chi connectivity index (χ4n) is 3.12. The van der Waals surface area contributed by atoms with Gasteiger partial charge in [-0.25, -0.2) is 4.79 Å². The third kappa shape index (κ3) is 5.06. The van der Waals surface area contributed by atoms with Gasteiger partial charge in [-0.15, -0.1) is 0 Å². The Bertz CT molecular complexity index is 1110. The predicted octanol–water partition coefficient (Wildman–Crippen LogP) is 4.95. The molecule has 30 heavy (non-hydrogen) atoms. The van der Waals surface area contributed by atoms with Crippen molar-refractivity contribution < 1.29 is 13.9 Å². The van der Waals surface area contributed by atoms with Crippen LogP contribution in [0.5, 0.6) is 0 Å². The average molecular weight is 403 g/mol. The number of para-hydroxylation sites is 1. The standard InChI is InChI=1S/C25H25NO4/c1-3-5-17-26(18-19-11-7-6-8-12-19)25-21(15-16-23(27)29-4-2)24(28)20-13-9-10-14-22(20)30-25/h3,5-16H,4,17-18H2,1-2H3/b5-3+,16-15+. The summed E-state index contributed by atoms with van der Waals surface area (Å²) in [6, 6.07) is 17.1.